The third-order valence-electron chi connectivity index (χ3n) is 6.38. The van der Waals surface area contributed by atoms with Crippen molar-refractivity contribution < 1.29 is 13.2 Å². The van der Waals surface area contributed by atoms with E-state index in [9.17, 15) is 18.0 Å². The normalized spacial score (nSPS) is 24.2. The summed E-state index contributed by atoms with van der Waals surface area (Å²) >= 11 is 0. The molecule has 2 amide bonds. The maximum atomic E-state index is 13.2. The van der Waals surface area contributed by atoms with Crippen molar-refractivity contribution in [3.05, 3.63) is 27.4 Å². The van der Waals surface area contributed by atoms with Crippen molar-refractivity contribution in [2.45, 2.75) is 64.6 Å². The minimum atomic E-state index is -3.34. The smallest absolute Gasteiger partial charge is 0.317 e. The van der Waals surface area contributed by atoms with Crippen LogP contribution in [0, 0.1) is 0 Å². The predicted molar refractivity (Wildman–Crippen MR) is 108 cm³/mol. The van der Waals surface area contributed by atoms with Crippen LogP contribution in [-0.2, 0) is 34.9 Å². The minimum Gasteiger partial charge on any atom is -0.336 e. The standard InChI is InChI=1S/C19H29N5O4S/c1-4-29(27,28)23-8-5-15-14(11-23)16(25)24-10-7-19(17(24)21-15)6-9-22(12-19)18(26)20-13(2)3/h13H,4-12H2,1-3H3,(H,20,26)/t19-/m0/s1. The molecule has 4 rings (SSSR count). The number of nitrogens with one attached hydrogen (secondary N) is 1. The van der Waals surface area contributed by atoms with Gasteiger partial charge >= 0.3 is 6.03 Å². The number of amides is 2. The topological polar surface area (TPSA) is 105 Å². The van der Waals surface area contributed by atoms with Gasteiger partial charge in [-0.25, -0.2) is 18.2 Å². The van der Waals surface area contributed by atoms with Crippen LogP contribution in [0.4, 0.5) is 4.79 Å². The summed E-state index contributed by atoms with van der Waals surface area (Å²) in [7, 11) is -3.34. The molecule has 4 heterocycles. The summed E-state index contributed by atoms with van der Waals surface area (Å²) in [5.74, 6) is 0.798. The molecule has 9 nitrogen and oxygen atoms in total. The average molecular weight is 424 g/mol. The van der Waals surface area contributed by atoms with Crippen molar-refractivity contribution in [1.29, 1.82) is 0 Å². The number of aromatic nitrogens is 2. The lowest BCUT2D eigenvalue weighted by molar-refractivity contribution is 0.202. The third kappa shape index (κ3) is 3.35. The Kier molecular flexibility index (Phi) is 4.97. The summed E-state index contributed by atoms with van der Waals surface area (Å²) in [6.45, 7) is 7.72. The monoisotopic (exact) mass is 423 g/mol. The number of fused-ring (bicyclic) bond motifs is 3. The van der Waals surface area contributed by atoms with Crippen LogP contribution in [0.5, 0.6) is 0 Å². The zero-order valence-electron chi connectivity index (χ0n) is 17.3. The van der Waals surface area contributed by atoms with Gasteiger partial charge in [-0.15, -0.1) is 0 Å². The first-order chi connectivity index (χ1) is 13.7. The average Bonchev–Trinajstić information content (AvgIpc) is 3.27. The van der Waals surface area contributed by atoms with Gasteiger partial charge in [0.05, 0.1) is 17.0 Å². The maximum Gasteiger partial charge on any atom is 0.317 e. The SMILES string of the molecule is CCS(=O)(=O)N1CCc2nc3n(c(=O)c2C1)CC[C@]31CCN(C(=O)NC(C)C)C1. The number of urea groups is 1. The fourth-order valence-electron chi connectivity index (χ4n) is 4.73. The van der Waals surface area contributed by atoms with Gasteiger partial charge in [-0.3, -0.25) is 9.36 Å². The molecule has 10 heteroatoms. The van der Waals surface area contributed by atoms with Crippen LogP contribution in [0.15, 0.2) is 4.79 Å². The fraction of sp³-hybridized carbons (Fsp3) is 0.737. The van der Waals surface area contributed by atoms with E-state index < -0.39 is 10.0 Å². The van der Waals surface area contributed by atoms with Crippen molar-refractivity contribution in [1.82, 2.24) is 24.1 Å². The van der Waals surface area contributed by atoms with Crippen molar-refractivity contribution in [3.63, 3.8) is 0 Å². The fourth-order valence-corrected chi connectivity index (χ4v) is 5.79. The van der Waals surface area contributed by atoms with Crippen molar-refractivity contribution in [3.8, 4) is 0 Å². The van der Waals surface area contributed by atoms with E-state index in [1.54, 1.807) is 11.5 Å². The molecule has 1 N–H and O–H groups in total. The Morgan fingerprint density at radius 1 is 1.24 bits per heavy atom. The highest BCUT2D eigenvalue weighted by atomic mass is 32.2. The number of hydrogen-bond donors (Lipinski definition) is 1. The van der Waals surface area contributed by atoms with Crippen molar-refractivity contribution in [2.24, 2.45) is 0 Å². The molecule has 1 aromatic rings. The zero-order valence-corrected chi connectivity index (χ0v) is 18.1. The molecule has 0 aromatic carbocycles. The molecule has 1 aromatic heterocycles. The summed E-state index contributed by atoms with van der Waals surface area (Å²) < 4.78 is 27.6. The second kappa shape index (κ2) is 7.09. The molecule has 1 atom stereocenters. The van der Waals surface area contributed by atoms with E-state index in [0.717, 1.165) is 24.4 Å². The van der Waals surface area contributed by atoms with Crippen LogP contribution in [-0.4, -0.2) is 64.6 Å². The maximum absolute atomic E-state index is 13.2. The van der Waals surface area contributed by atoms with Crippen LogP contribution in [0.25, 0.3) is 0 Å². The number of sulfonamides is 1. The molecule has 160 valence electrons. The minimum absolute atomic E-state index is 0.0272. The second-order valence-electron chi connectivity index (χ2n) is 8.61. The molecule has 0 saturated carbocycles. The zero-order chi connectivity index (χ0) is 21.0. The predicted octanol–water partition coefficient (Wildman–Crippen LogP) is 0.416. The van der Waals surface area contributed by atoms with Crippen LogP contribution >= 0.6 is 0 Å². The summed E-state index contributed by atoms with van der Waals surface area (Å²) in [6.07, 6.45) is 2.02. The Morgan fingerprint density at radius 2 is 1.97 bits per heavy atom. The van der Waals surface area contributed by atoms with E-state index in [-0.39, 0.29) is 35.3 Å². The summed E-state index contributed by atoms with van der Waals surface area (Å²) in [5, 5.41) is 2.94. The van der Waals surface area contributed by atoms with Gasteiger partial charge in [0.1, 0.15) is 5.82 Å². The van der Waals surface area contributed by atoms with Gasteiger partial charge in [0, 0.05) is 50.6 Å². The highest BCUT2D eigenvalue weighted by Crippen LogP contribution is 2.41. The van der Waals surface area contributed by atoms with Gasteiger partial charge in [0.15, 0.2) is 0 Å². The lowest BCUT2D eigenvalue weighted by atomic mass is 9.85. The highest BCUT2D eigenvalue weighted by molar-refractivity contribution is 7.89. The van der Waals surface area contributed by atoms with Crippen LogP contribution in [0.1, 0.15) is 50.7 Å². The number of nitrogens with zero attached hydrogens (tertiary/aromatic N) is 4. The van der Waals surface area contributed by atoms with Crippen molar-refractivity contribution >= 4 is 16.1 Å². The summed E-state index contributed by atoms with van der Waals surface area (Å²) in [5.41, 5.74) is 0.814. The Morgan fingerprint density at radius 3 is 2.66 bits per heavy atom. The van der Waals surface area contributed by atoms with Gasteiger partial charge in [-0.05, 0) is 33.6 Å². The molecular formula is C19H29N5O4S. The molecule has 29 heavy (non-hydrogen) atoms. The Labute approximate surface area is 171 Å². The van der Waals surface area contributed by atoms with Gasteiger partial charge in [0.25, 0.3) is 5.56 Å². The number of rotatable bonds is 3. The van der Waals surface area contributed by atoms with E-state index in [4.69, 9.17) is 4.98 Å². The first-order valence-electron chi connectivity index (χ1n) is 10.3. The Hall–Kier alpha value is -1.94. The van der Waals surface area contributed by atoms with E-state index in [1.165, 1.54) is 4.31 Å². The molecule has 3 aliphatic rings. The van der Waals surface area contributed by atoms with E-state index in [1.807, 2.05) is 18.7 Å². The Bertz CT molecular complexity index is 1000. The lowest BCUT2D eigenvalue weighted by Crippen LogP contribution is -2.44. The first-order valence-corrected chi connectivity index (χ1v) is 11.9. The number of carbonyl (C=O) groups is 1. The van der Waals surface area contributed by atoms with Gasteiger partial charge < -0.3 is 10.2 Å². The largest absolute Gasteiger partial charge is 0.336 e. The van der Waals surface area contributed by atoms with Crippen LogP contribution in [0.3, 0.4) is 0 Å². The van der Waals surface area contributed by atoms with Gasteiger partial charge in [-0.1, -0.05) is 0 Å². The molecule has 1 fully saturated rings. The number of likely N-dealkylation sites (tertiary alicyclic amines) is 1. The second-order valence-corrected chi connectivity index (χ2v) is 10.9. The lowest BCUT2D eigenvalue weighted by Gasteiger charge is -2.29. The number of carbonyl (C=O) groups excluding carboxylic acids is 1. The molecule has 3 aliphatic heterocycles. The van der Waals surface area contributed by atoms with Crippen LogP contribution < -0.4 is 10.9 Å². The van der Waals surface area contributed by atoms with E-state index in [0.29, 0.717) is 38.2 Å². The number of hydrogen-bond acceptors (Lipinski definition) is 5. The Balaban J connectivity index is 1.64. The molecule has 1 saturated heterocycles. The summed E-state index contributed by atoms with van der Waals surface area (Å²) in [6, 6.07) is 0.000990. The molecule has 0 aliphatic carbocycles. The molecular weight excluding hydrogens is 394 g/mol. The van der Waals surface area contributed by atoms with Gasteiger partial charge in [-0.2, -0.15) is 4.31 Å². The molecule has 1 spiro atoms. The van der Waals surface area contributed by atoms with Crippen LogP contribution in [0.2, 0.25) is 0 Å². The van der Waals surface area contributed by atoms with Gasteiger partial charge in [0.2, 0.25) is 10.0 Å². The first kappa shape index (κ1) is 20.3. The molecule has 0 radical (unpaired) electrons. The summed E-state index contributed by atoms with van der Waals surface area (Å²) in [4.78, 5) is 32.3. The quantitative estimate of drug-likeness (QED) is 0.759. The van der Waals surface area contributed by atoms with E-state index in [2.05, 4.69) is 5.32 Å². The van der Waals surface area contributed by atoms with Crippen molar-refractivity contribution in [2.75, 3.05) is 25.4 Å². The van der Waals surface area contributed by atoms with E-state index >= 15 is 0 Å². The highest BCUT2D eigenvalue weighted by Gasteiger charge is 2.48. The molecule has 0 bridgehead atoms. The molecule has 0 unspecified atom stereocenters. The third-order valence-corrected chi connectivity index (χ3v) is 8.21.